The normalized spacial score (nSPS) is 31.1. The third-order valence-electron chi connectivity index (χ3n) is 4.23. The third kappa shape index (κ3) is 2.41. The van der Waals surface area contributed by atoms with Crippen LogP contribution in [0.1, 0.15) is 39.3 Å². The van der Waals surface area contributed by atoms with Crippen molar-refractivity contribution in [1.29, 1.82) is 0 Å². The molecule has 2 aliphatic carbocycles. The van der Waals surface area contributed by atoms with E-state index >= 15 is 0 Å². The lowest BCUT2D eigenvalue weighted by Crippen LogP contribution is -2.48. The lowest BCUT2D eigenvalue weighted by atomic mass is 9.90. The number of ether oxygens (including phenoxy) is 1. The van der Waals surface area contributed by atoms with Crippen LogP contribution < -0.4 is 10.5 Å². The maximum Gasteiger partial charge on any atom is 0.275 e. The summed E-state index contributed by atoms with van der Waals surface area (Å²) >= 11 is 7.71. The van der Waals surface area contributed by atoms with E-state index in [4.69, 9.17) is 22.1 Å². The summed E-state index contributed by atoms with van der Waals surface area (Å²) in [7, 11) is 0. The minimum absolute atomic E-state index is 0.150. The Kier molecular flexibility index (Phi) is 3.23. The summed E-state index contributed by atoms with van der Waals surface area (Å²) in [6, 6.07) is -0.185. The zero-order valence-corrected chi connectivity index (χ0v) is 13.5. The first-order chi connectivity index (χ1) is 9.32. The molecular formula is C15H19ClN2OS. The van der Waals surface area contributed by atoms with Crippen LogP contribution in [0.4, 0.5) is 0 Å². The van der Waals surface area contributed by atoms with Crippen molar-refractivity contribution in [3.63, 3.8) is 0 Å². The monoisotopic (exact) mass is 310 g/mol. The number of hydrogen-bond acceptors (Lipinski definition) is 4. The van der Waals surface area contributed by atoms with Gasteiger partial charge in [-0.3, -0.25) is 0 Å². The van der Waals surface area contributed by atoms with Crippen LogP contribution in [0.5, 0.6) is 5.19 Å². The first kappa shape index (κ1) is 14.1. The fourth-order valence-corrected chi connectivity index (χ4v) is 3.69. The molecule has 2 unspecified atom stereocenters. The van der Waals surface area contributed by atoms with Crippen molar-refractivity contribution in [3.8, 4) is 5.19 Å². The molecule has 1 fully saturated rings. The number of allylic oxidation sites excluding steroid dienone is 2. The number of rotatable bonds is 3. The minimum Gasteiger partial charge on any atom is -0.457 e. The average Bonchev–Trinajstić information content (AvgIpc) is 3.00. The van der Waals surface area contributed by atoms with Gasteiger partial charge in [-0.2, -0.15) is 0 Å². The molecule has 3 nitrogen and oxygen atoms in total. The van der Waals surface area contributed by atoms with Crippen molar-refractivity contribution in [2.24, 2.45) is 5.73 Å². The summed E-state index contributed by atoms with van der Waals surface area (Å²) in [5, 5.41) is 0.605. The van der Waals surface area contributed by atoms with E-state index in [-0.39, 0.29) is 11.5 Å². The van der Waals surface area contributed by atoms with Crippen LogP contribution >= 0.6 is 22.9 Å². The lowest BCUT2D eigenvalue weighted by Gasteiger charge is -2.33. The standard InChI is InChI=1S/C15H19ClN2OS/c1-9-4-5-15(3,10(17)8-9)19-13-18-11(12(16)20-13)14(2)6-7-14/h4-5,8,10H,6-7,17H2,1-3H3. The summed E-state index contributed by atoms with van der Waals surface area (Å²) in [6.07, 6.45) is 8.34. The molecule has 0 saturated heterocycles. The highest BCUT2D eigenvalue weighted by molar-refractivity contribution is 7.17. The molecule has 0 aromatic carbocycles. The Bertz CT molecular complexity index is 603. The second-order valence-electron chi connectivity index (χ2n) is 6.22. The van der Waals surface area contributed by atoms with E-state index in [0.29, 0.717) is 5.19 Å². The van der Waals surface area contributed by atoms with Gasteiger partial charge in [-0.15, -0.1) is 0 Å². The number of thiazole rings is 1. The van der Waals surface area contributed by atoms with Crippen LogP contribution in [0.3, 0.4) is 0 Å². The summed E-state index contributed by atoms with van der Waals surface area (Å²) < 4.78 is 6.79. The van der Waals surface area contributed by atoms with Gasteiger partial charge in [0.15, 0.2) is 0 Å². The highest BCUT2D eigenvalue weighted by atomic mass is 35.5. The van der Waals surface area contributed by atoms with Crippen LogP contribution in [-0.2, 0) is 5.41 Å². The Morgan fingerprint density at radius 1 is 1.45 bits per heavy atom. The Hall–Kier alpha value is -0.840. The van der Waals surface area contributed by atoms with Crippen molar-refractivity contribution in [2.45, 2.75) is 50.7 Å². The summed E-state index contributed by atoms with van der Waals surface area (Å²) in [6.45, 7) is 6.20. The molecule has 1 aromatic heterocycles. The Balaban J connectivity index is 1.83. The van der Waals surface area contributed by atoms with Crippen molar-refractivity contribution >= 4 is 22.9 Å². The van der Waals surface area contributed by atoms with E-state index in [1.165, 1.54) is 11.3 Å². The zero-order valence-electron chi connectivity index (χ0n) is 11.9. The largest absolute Gasteiger partial charge is 0.457 e. The molecule has 2 aliphatic rings. The summed E-state index contributed by atoms with van der Waals surface area (Å²) in [4.78, 5) is 4.59. The quantitative estimate of drug-likeness (QED) is 0.923. The number of halogens is 1. The van der Waals surface area contributed by atoms with Gasteiger partial charge < -0.3 is 10.5 Å². The number of nitrogens with zero attached hydrogens (tertiary/aromatic N) is 1. The second-order valence-corrected chi connectivity index (χ2v) is 7.78. The van der Waals surface area contributed by atoms with E-state index < -0.39 is 5.60 Å². The Morgan fingerprint density at radius 3 is 2.75 bits per heavy atom. The van der Waals surface area contributed by atoms with Gasteiger partial charge in [-0.05, 0) is 32.8 Å². The molecule has 5 heteroatoms. The first-order valence-corrected chi connectivity index (χ1v) is 8.01. The maximum atomic E-state index is 6.31. The van der Waals surface area contributed by atoms with Gasteiger partial charge in [0, 0.05) is 5.41 Å². The Labute approximate surface area is 128 Å². The fraction of sp³-hybridized carbons (Fsp3) is 0.533. The second kappa shape index (κ2) is 4.58. The third-order valence-corrected chi connectivity index (χ3v) is 5.36. The predicted molar refractivity (Wildman–Crippen MR) is 83.6 cm³/mol. The molecule has 0 spiro atoms. The van der Waals surface area contributed by atoms with E-state index in [2.05, 4.69) is 11.9 Å². The van der Waals surface area contributed by atoms with Gasteiger partial charge in [-0.1, -0.05) is 47.6 Å². The smallest absolute Gasteiger partial charge is 0.275 e. The van der Waals surface area contributed by atoms with E-state index in [1.54, 1.807) is 0 Å². The first-order valence-electron chi connectivity index (χ1n) is 6.81. The highest BCUT2D eigenvalue weighted by Gasteiger charge is 2.44. The molecule has 0 bridgehead atoms. The molecule has 1 aromatic rings. The summed E-state index contributed by atoms with van der Waals surface area (Å²) in [5.74, 6) is 0. The van der Waals surface area contributed by atoms with Crippen LogP contribution in [0, 0.1) is 0 Å². The van der Waals surface area contributed by atoms with Crippen molar-refractivity contribution in [1.82, 2.24) is 4.98 Å². The van der Waals surface area contributed by atoms with E-state index in [0.717, 1.165) is 28.4 Å². The Morgan fingerprint density at radius 2 is 2.15 bits per heavy atom. The van der Waals surface area contributed by atoms with Crippen LogP contribution in [0.15, 0.2) is 23.8 Å². The molecule has 20 heavy (non-hydrogen) atoms. The van der Waals surface area contributed by atoms with Crippen molar-refractivity contribution < 1.29 is 4.74 Å². The highest BCUT2D eigenvalue weighted by Crippen LogP contribution is 2.52. The van der Waals surface area contributed by atoms with E-state index in [9.17, 15) is 0 Å². The molecule has 1 heterocycles. The van der Waals surface area contributed by atoms with Crippen LogP contribution in [0.25, 0.3) is 0 Å². The van der Waals surface area contributed by atoms with Gasteiger partial charge in [0.2, 0.25) is 0 Å². The van der Waals surface area contributed by atoms with E-state index in [1.807, 2.05) is 32.1 Å². The fourth-order valence-electron chi connectivity index (χ4n) is 2.33. The van der Waals surface area contributed by atoms with Crippen LogP contribution in [-0.4, -0.2) is 16.6 Å². The number of aromatic nitrogens is 1. The molecule has 108 valence electrons. The zero-order chi connectivity index (χ0) is 14.5. The maximum absolute atomic E-state index is 6.31. The molecule has 1 saturated carbocycles. The van der Waals surface area contributed by atoms with Gasteiger partial charge in [-0.25, -0.2) is 4.98 Å². The predicted octanol–water partition coefficient (Wildman–Crippen LogP) is 3.83. The molecule has 2 atom stereocenters. The lowest BCUT2D eigenvalue weighted by molar-refractivity contribution is 0.123. The molecule has 0 radical (unpaired) electrons. The summed E-state index contributed by atoms with van der Waals surface area (Å²) in [5.41, 5.74) is 7.90. The van der Waals surface area contributed by atoms with Crippen LogP contribution in [0.2, 0.25) is 4.34 Å². The van der Waals surface area contributed by atoms with Crippen molar-refractivity contribution in [2.75, 3.05) is 0 Å². The topological polar surface area (TPSA) is 48.1 Å². The molecule has 0 aliphatic heterocycles. The average molecular weight is 311 g/mol. The van der Waals surface area contributed by atoms with Crippen molar-refractivity contribution in [3.05, 3.63) is 33.8 Å². The SMILES string of the molecule is CC1=CC(N)C(C)(Oc2nc(C3(C)CC3)c(Cl)s2)C=C1. The molecule has 3 rings (SSSR count). The minimum atomic E-state index is -0.567. The van der Waals surface area contributed by atoms with Gasteiger partial charge in [0.05, 0.1) is 11.7 Å². The molecule has 0 amide bonds. The number of nitrogens with two attached hydrogens (primary N) is 1. The molecule has 2 N–H and O–H groups in total. The molecular weight excluding hydrogens is 292 g/mol. The number of hydrogen-bond donors (Lipinski definition) is 1. The van der Waals surface area contributed by atoms with Gasteiger partial charge in [0.25, 0.3) is 5.19 Å². The van der Waals surface area contributed by atoms with Gasteiger partial charge in [0.1, 0.15) is 9.94 Å². The van der Waals surface area contributed by atoms with Gasteiger partial charge >= 0.3 is 0 Å².